The van der Waals surface area contributed by atoms with Crippen molar-refractivity contribution >= 4 is 27.8 Å². The van der Waals surface area contributed by atoms with Gasteiger partial charge in [-0.05, 0) is 36.1 Å². The molecule has 2 rings (SSSR count). The van der Waals surface area contributed by atoms with E-state index in [2.05, 4.69) is 0 Å². The van der Waals surface area contributed by atoms with Crippen molar-refractivity contribution in [1.29, 1.82) is 0 Å². The van der Waals surface area contributed by atoms with E-state index in [0.717, 1.165) is 15.3 Å². The van der Waals surface area contributed by atoms with Crippen molar-refractivity contribution in [3.63, 3.8) is 0 Å². The van der Waals surface area contributed by atoms with E-state index in [9.17, 15) is 4.21 Å². The van der Waals surface area contributed by atoms with Crippen LogP contribution in [-0.2, 0) is 16.6 Å². The van der Waals surface area contributed by atoms with E-state index >= 15 is 0 Å². The van der Waals surface area contributed by atoms with Gasteiger partial charge in [0.05, 0.1) is 21.4 Å². The molecule has 1 unspecified atom stereocenters. The fraction of sp³-hybridized carbons (Fsp3) is 0.167. The highest BCUT2D eigenvalue weighted by Crippen LogP contribution is 2.22. The lowest BCUT2D eigenvalue weighted by Gasteiger charge is -2.05. The van der Waals surface area contributed by atoms with E-state index in [1.165, 1.54) is 0 Å². The van der Waals surface area contributed by atoms with Gasteiger partial charge in [-0.2, -0.15) is 0 Å². The van der Waals surface area contributed by atoms with E-state index in [1.807, 2.05) is 42.6 Å². The van der Waals surface area contributed by atoms with E-state index < -0.39 is 10.8 Å². The van der Waals surface area contributed by atoms with Crippen LogP contribution in [0.5, 0.6) is 0 Å². The molecule has 0 bridgehead atoms. The lowest BCUT2D eigenvalue weighted by Crippen LogP contribution is -2.00. The number of thiophene rings is 1. The third kappa shape index (κ3) is 2.51. The Morgan fingerprint density at radius 1 is 1.38 bits per heavy atom. The molecule has 0 aliphatic rings. The number of nitrogen functional groups attached to an aromatic ring is 1. The maximum absolute atomic E-state index is 12.1. The van der Waals surface area contributed by atoms with E-state index in [0.29, 0.717) is 11.4 Å². The van der Waals surface area contributed by atoms with Crippen LogP contribution in [0.25, 0.3) is 0 Å². The standard InChI is InChI=1S/C12H13NOS2/c1-9-4-5-11(13)12(7-9)16(14)8-10-3-2-6-15-10/h2-7H,8,13H2,1H3. The van der Waals surface area contributed by atoms with Gasteiger partial charge < -0.3 is 5.73 Å². The topological polar surface area (TPSA) is 43.1 Å². The maximum Gasteiger partial charge on any atom is 0.0627 e. The highest BCUT2D eigenvalue weighted by Gasteiger charge is 2.09. The fourth-order valence-corrected chi connectivity index (χ4v) is 3.68. The number of rotatable bonds is 3. The smallest absolute Gasteiger partial charge is 0.0627 e. The molecule has 2 nitrogen and oxygen atoms in total. The largest absolute Gasteiger partial charge is 0.398 e. The van der Waals surface area contributed by atoms with Gasteiger partial charge in [0, 0.05) is 10.6 Å². The number of hydrogen-bond donors (Lipinski definition) is 1. The first kappa shape index (κ1) is 11.4. The number of hydrogen-bond acceptors (Lipinski definition) is 3. The minimum Gasteiger partial charge on any atom is -0.398 e. The summed E-state index contributed by atoms with van der Waals surface area (Å²) < 4.78 is 12.1. The first-order valence-corrected chi connectivity index (χ1v) is 7.13. The highest BCUT2D eigenvalue weighted by molar-refractivity contribution is 7.84. The van der Waals surface area contributed by atoms with Crippen LogP contribution in [0.2, 0.25) is 0 Å². The van der Waals surface area contributed by atoms with Gasteiger partial charge in [-0.15, -0.1) is 11.3 Å². The number of aryl methyl sites for hydroxylation is 1. The summed E-state index contributed by atoms with van der Waals surface area (Å²) in [6.07, 6.45) is 0. The van der Waals surface area contributed by atoms with E-state index in [4.69, 9.17) is 5.73 Å². The molecule has 2 aromatic rings. The fourth-order valence-electron chi connectivity index (χ4n) is 1.44. The van der Waals surface area contributed by atoms with Crippen molar-refractivity contribution in [2.24, 2.45) is 0 Å². The average molecular weight is 251 g/mol. The molecule has 16 heavy (non-hydrogen) atoms. The summed E-state index contributed by atoms with van der Waals surface area (Å²) in [5.41, 5.74) is 7.53. The third-order valence-electron chi connectivity index (χ3n) is 2.27. The summed E-state index contributed by atoms with van der Waals surface area (Å²) in [4.78, 5) is 1.87. The van der Waals surface area contributed by atoms with Crippen molar-refractivity contribution in [2.75, 3.05) is 5.73 Å². The minimum atomic E-state index is -1.05. The van der Waals surface area contributed by atoms with Crippen molar-refractivity contribution in [2.45, 2.75) is 17.6 Å². The van der Waals surface area contributed by atoms with Gasteiger partial charge in [0.25, 0.3) is 0 Å². The van der Waals surface area contributed by atoms with Crippen LogP contribution in [0.4, 0.5) is 5.69 Å². The second-order valence-corrected chi connectivity index (χ2v) is 6.06. The Balaban J connectivity index is 2.24. The molecule has 0 aliphatic carbocycles. The van der Waals surface area contributed by atoms with E-state index in [-0.39, 0.29) is 0 Å². The zero-order chi connectivity index (χ0) is 11.5. The molecule has 4 heteroatoms. The van der Waals surface area contributed by atoms with Crippen LogP contribution < -0.4 is 5.73 Å². The number of benzene rings is 1. The molecule has 0 radical (unpaired) electrons. The van der Waals surface area contributed by atoms with Crippen molar-refractivity contribution in [1.82, 2.24) is 0 Å². The summed E-state index contributed by atoms with van der Waals surface area (Å²) in [5.74, 6) is 0.547. The number of anilines is 1. The number of nitrogens with two attached hydrogens (primary N) is 1. The quantitative estimate of drug-likeness (QED) is 0.852. The van der Waals surface area contributed by atoms with Crippen molar-refractivity contribution < 1.29 is 4.21 Å². The van der Waals surface area contributed by atoms with Gasteiger partial charge in [-0.25, -0.2) is 0 Å². The van der Waals surface area contributed by atoms with Gasteiger partial charge >= 0.3 is 0 Å². The second kappa shape index (κ2) is 4.80. The van der Waals surface area contributed by atoms with Crippen molar-refractivity contribution in [3.8, 4) is 0 Å². The normalized spacial score (nSPS) is 12.6. The predicted octanol–water partition coefficient (Wildman–Crippen LogP) is 2.95. The summed E-state index contributed by atoms with van der Waals surface area (Å²) in [6.45, 7) is 1.98. The monoisotopic (exact) mass is 251 g/mol. The van der Waals surface area contributed by atoms with Crippen LogP contribution in [0.1, 0.15) is 10.4 Å². The molecule has 1 aromatic carbocycles. The van der Waals surface area contributed by atoms with Gasteiger partial charge in [0.2, 0.25) is 0 Å². The molecule has 2 N–H and O–H groups in total. The summed E-state index contributed by atoms with van der Waals surface area (Å²) in [5, 5.41) is 1.99. The van der Waals surface area contributed by atoms with Crippen LogP contribution in [-0.4, -0.2) is 4.21 Å². The lowest BCUT2D eigenvalue weighted by molar-refractivity contribution is 0.683. The molecule has 0 aliphatic heterocycles. The average Bonchev–Trinajstić information content (AvgIpc) is 2.74. The molecule has 0 saturated carbocycles. The molecule has 0 amide bonds. The Morgan fingerprint density at radius 2 is 2.19 bits per heavy atom. The molecule has 1 aromatic heterocycles. The first-order chi connectivity index (χ1) is 7.66. The maximum atomic E-state index is 12.1. The third-order valence-corrected chi connectivity index (χ3v) is 4.74. The first-order valence-electron chi connectivity index (χ1n) is 4.93. The van der Waals surface area contributed by atoms with Crippen LogP contribution >= 0.6 is 11.3 Å². The van der Waals surface area contributed by atoms with Gasteiger partial charge in [-0.1, -0.05) is 12.1 Å². The Labute approximate surface area is 102 Å². The van der Waals surface area contributed by atoms with Crippen LogP contribution in [0.3, 0.4) is 0 Å². The summed E-state index contributed by atoms with van der Waals surface area (Å²) in [6, 6.07) is 9.61. The SMILES string of the molecule is Cc1ccc(N)c(S(=O)Cc2cccs2)c1. The van der Waals surface area contributed by atoms with Gasteiger partial charge in [0.15, 0.2) is 0 Å². The highest BCUT2D eigenvalue weighted by atomic mass is 32.2. The Hall–Kier alpha value is -1.13. The zero-order valence-corrected chi connectivity index (χ0v) is 10.6. The Kier molecular flexibility index (Phi) is 3.41. The van der Waals surface area contributed by atoms with Crippen molar-refractivity contribution in [3.05, 3.63) is 46.2 Å². The molecule has 0 fully saturated rings. The lowest BCUT2D eigenvalue weighted by atomic mass is 10.2. The minimum absolute atomic E-state index is 0.547. The zero-order valence-electron chi connectivity index (χ0n) is 8.97. The predicted molar refractivity (Wildman–Crippen MR) is 70.0 cm³/mol. The molecule has 1 heterocycles. The molecule has 0 spiro atoms. The van der Waals surface area contributed by atoms with Gasteiger partial charge in [-0.3, -0.25) is 4.21 Å². The Bertz CT molecular complexity index is 506. The molecular weight excluding hydrogens is 238 g/mol. The van der Waals surface area contributed by atoms with Crippen LogP contribution in [0, 0.1) is 6.92 Å². The van der Waals surface area contributed by atoms with Crippen LogP contribution in [0.15, 0.2) is 40.6 Å². The second-order valence-electron chi connectivity index (χ2n) is 3.61. The molecular formula is C12H13NOS2. The molecule has 84 valence electrons. The Morgan fingerprint density at radius 3 is 2.88 bits per heavy atom. The molecule has 0 saturated heterocycles. The summed E-state index contributed by atoms with van der Waals surface area (Å²) in [7, 11) is -1.05. The molecule has 1 atom stereocenters. The summed E-state index contributed by atoms with van der Waals surface area (Å²) >= 11 is 1.62. The van der Waals surface area contributed by atoms with Gasteiger partial charge in [0.1, 0.15) is 0 Å². The van der Waals surface area contributed by atoms with E-state index in [1.54, 1.807) is 11.3 Å².